The first-order valence-electron chi connectivity index (χ1n) is 9.15. The molecule has 2 aliphatic rings. The number of hydrogen-bond donors (Lipinski definition) is 1. The van der Waals surface area contributed by atoms with Crippen molar-refractivity contribution in [3.63, 3.8) is 0 Å². The fourth-order valence-electron chi connectivity index (χ4n) is 3.90. The number of amidine groups is 1. The van der Waals surface area contributed by atoms with Gasteiger partial charge in [0.25, 0.3) is 0 Å². The molecule has 1 heterocycles. The number of fused-ring (bicyclic) bond motifs is 1. The third-order valence-corrected chi connectivity index (χ3v) is 5.80. The largest absolute Gasteiger partial charge is 0.294 e. The van der Waals surface area contributed by atoms with E-state index in [9.17, 15) is 0 Å². The van der Waals surface area contributed by atoms with Crippen molar-refractivity contribution in [2.75, 3.05) is 5.01 Å². The maximum absolute atomic E-state index is 6.60. The predicted octanol–water partition coefficient (Wildman–Crippen LogP) is 6.07. The summed E-state index contributed by atoms with van der Waals surface area (Å²) in [6.45, 7) is 0.504. The molecular weight excluding hydrogens is 381 g/mol. The number of hydrazine groups is 1. The van der Waals surface area contributed by atoms with Crippen LogP contribution in [0.5, 0.6) is 0 Å². The average Bonchev–Trinajstić information content (AvgIpc) is 2.67. The van der Waals surface area contributed by atoms with E-state index in [0.717, 1.165) is 31.2 Å². The third kappa shape index (κ3) is 3.47. The van der Waals surface area contributed by atoms with E-state index in [1.165, 1.54) is 6.42 Å². The van der Waals surface area contributed by atoms with Crippen LogP contribution in [0.2, 0.25) is 10.0 Å². The highest BCUT2D eigenvalue weighted by atomic mass is 35.5. The van der Waals surface area contributed by atoms with Crippen LogP contribution in [-0.2, 0) is 6.54 Å². The summed E-state index contributed by atoms with van der Waals surface area (Å²) in [6, 6.07) is 13.5. The van der Waals surface area contributed by atoms with E-state index >= 15 is 0 Å². The molecule has 4 rings (SSSR count). The highest BCUT2D eigenvalue weighted by Crippen LogP contribution is 2.48. The summed E-state index contributed by atoms with van der Waals surface area (Å²) in [4.78, 5) is 4.79. The topological polar surface area (TPSA) is 66.3 Å². The monoisotopic (exact) mass is 401 g/mol. The van der Waals surface area contributed by atoms with Gasteiger partial charge >= 0.3 is 0 Å². The van der Waals surface area contributed by atoms with Gasteiger partial charge in [-0.2, -0.15) is 5.11 Å². The Morgan fingerprint density at radius 2 is 1.81 bits per heavy atom. The van der Waals surface area contributed by atoms with Crippen LogP contribution < -0.4 is 10.9 Å². The van der Waals surface area contributed by atoms with Crippen molar-refractivity contribution in [1.82, 2.24) is 0 Å². The summed E-state index contributed by atoms with van der Waals surface area (Å²) < 4.78 is 0. The molecule has 1 fully saturated rings. The number of nitrogens with two attached hydrogens (primary N) is 1. The van der Waals surface area contributed by atoms with E-state index in [0.29, 0.717) is 33.8 Å². The normalized spacial score (nSPS) is 18.6. The maximum atomic E-state index is 6.60. The van der Waals surface area contributed by atoms with Crippen LogP contribution in [0.25, 0.3) is 0 Å². The molecule has 140 valence electrons. The van der Waals surface area contributed by atoms with Crippen molar-refractivity contribution < 1.29 is 0 Å². The highest BCUT2D eigenvalue weighted by molar-refractivity contribution is 6.37. The van der Waals surface area contributed by atoms with Gasteiger partial charge in [0.2, 0.25) is 0 Å². The fraction of sp³-hybridized carbons (Fsp3) is 0.350. The van der Waals surface area contributed by atoms with E-state index in [2.05, 4.69) is 10.2 Å². The van der Waals surface area contributed by atoms with Gasteiger partial charge in [0, 0.05) is 5.02 Å². The number of nitrogens with zero attached hydrogens (tertiary/aromatic N) is 4. The second-order valence-corrected chi connectivity index (χ2v) is 7.88. The molecule has 0 atom stereocenters. The van der Waals surface area contributed by atoms with Crippen molar-refractivity contribution in [3.05, 3.63) is 58.1 Å². The first-order valence-corrected chi connectivity index (χ1v) is 9.90. The van der Waals surface area contributed by atoms with Crippen LogP contribution in [0, 0.1) is 0 Å². The Hall–Kier alpha value is -1.95. The van der Waals surface area contributed by atoms with Crippen molar-refractivity contribution >= 4 is 40.4 Å². The molecule has 1 aliphatic heterocycles. The van der Waals surface area contributed by atoms with Gasteiger partial charge < -0.3 is 0 Å². The van der Waals surface area contributed by atoms with Gasteiger partial charge in [0.15, 0.2) is 5.84 Å². The number of anilines is 1. The van der Waals surface area contributed by atoms with E-state index in [-0.39, 0.29) is 0 Å². The Labute approximate surface area is 168 Å². The number of rotatable bonds is 2. The van der Waals surface area contributed by atoms with Crippen LogP contribution >= 0.6 is 23.2 Å². The fourth-order valence-corrected chi connectivity index (χ4v) is 4.47. The molecule has 0 radical (unpaired) electrons. The summed E-state index contributed by atoms with van der Waals surface area (Å²) in [5.74, 6) is 7.25. The van der Waals surface area contributed by atoms with Crippen LogP contribution in [0.1, 0.15) is 37.7 Å². The van der Waals surface area contributed by atoms with Crippen LogP contribution in [0.3, 0.4) is 0 Å². The van der Waals surface area contributed by atoms with Gasteiger partial charge in [-0.15, -0.1) is 5.11 Å². The van der Waals surface area contributed by atoms with Crippen molar-refractivity contribution in [3.8, 4) is 0 Å². The number of aliphatic imine (C=N–C) groups is 1. The van der Waals surface area contributed by atoms with E-state index < -0.39 is 5.54 Å². The Balaban J connectivity index is 1.74. The van der Waals surface area contributed by atoms with Crippen molar-refractivity contribution in [2.45, 2.75) is 44.2 Å². The molecule has 1 aliphatic carbocycles. The number of hydrogen-bond acceptors (Lipinski definition) is 5. The van der Waals surface area contributed by atoms with E-state index in [4.69, 9.17) is 34.0 Å². The van der Waals surface area contributed by atoms with Gasteiger partial charge in [-0.25, -0.2) is 10.8 Å². The Bertz CT molecular complexity index is 889. The molecule has 0 saturated heterocycles. The molecule has 1 saturated carbocycles. The number of azo groups is 1. The summed E-state index contributed by atoms with van der Waals surface area (Å²) in [7, 11) is 0. The number of halogens is 2. The minimum absolute atomic E-state index is 0.469. The summed E-state index contributed by atoms with van der Waals surface area (Å²) in [5, 5.41) is 11.7. The molecule has 2 aromatic carbocycles. The van der Waals surface area contributed by atoms with E-state index in [1.807, 2.05) is 30.3 Å². The zero-order valence-electron chi connectivity index (χ0n) is 14.9. The van der Waals surface area contributed by atoms with Gasteiger partial charge in [0.1, 0.15) is 5.54 Å². The first-order chi connectivity index (χ1) is 13.1. The summed E-state index contributed by atoms with van der Waals surface area (Å²) in [6.07, 6.45) is 5.09. The third-order valence-electron chi connectivity index (χ3n) is 5.29. The molecule has 0 amide bonds. The lowest BCUT2D eigenvalue weighted by molar-refractivity contribution is 0.352. The van der Waals surface area contributed by atoms with Gasteiger partial charge in [-0.1, -0.05) is 72.8 Å². The van der Waals surface area contributed by atoms with Crippen LogP contribution in [-0.4, -0.2) is 11.4 Å². The molecular formula is C20H21Cl2N5. The quantitative estimate of drug-likeness (QED) is 0.489. The molecule has 2 N–H and O–H groups in total. The molecule has 1 spiro atoms. The van der Waals surface area contributed by atoms with Gasteiger partial charge in [0.05, 0.1) is 22.9 Å². The molecule has 5 nitrogen and oxygen atoms in total. The first kappa shape index (κ1) is 18.4. The summed E-state index contributed by atoms with van der Waals surface area (Å²) >= 11 is 12.6. The molecule has 27 heavy (non-hydrogen) atoms. The predicted molar refractivity (Wildman–Crippen MR) is 111 cm³/mol. The van der Waals surface area contributed by atoms with Crippen LogP contribution in [0.15, 0.2) is 57.7 Å². The highest BCUT2D eigenvalue weighted by Gasteiger charge is 2.46. The standard InChI is InChI=1S/C20H21Cl2N5/c21-15-11-16(22)18-17(12-15)25-19(20(27(18)23)9-5-2-6-10-20)26-24-13-14-7-3-1-4-8-14/h1,3-4,7-8,11-12H,2,5-6,9-10,13,23H2. The summed E-state index contributed by atoms with van der Waals surface area (Å²) in [5.41, 5.74) is 1.99. The molecule has 0 unspecified atom stereocenters. The Morgan fingerprint density at radius 3 is 2.56 bits per heavy atom. The van der Waals surface area contributed by atoms with E-state index in [1.54, 1.807) is 17.1 Å². The molecule has 0 aromatic heterocycles. The van der Waals surface area contributed by atoms with Crippen molar-refractivity contribution in [2.24, 2.45) is 21.1 Å². The molecule has 2 aromatic rings. The minimum atomic E-state index is -0.469. The maximum Gasteiger partial charge on any atom is 0.178 e. The van der Waals surface area contributed by atoms with Gasteiger partial charge in [-0.3, -0.25) is 5.01 Å². The smallest absolute Gasteiger partial charge is 0.178 e. The van der Waals surface area contributed by atoms with Crippen molar-refractivity contribution in [1.29, 1.82) is 0 Å². The lowest BCUT2D eigenvalue weighted by Crippen LogP contribution is -2.60. The minimum Gasteiger partial charge on any atom is -0.294 e. The molecule has 7 heteroatoms. The second-order valence-electron chi connectivity index (χ2n) is 7.04. The zero-order valence-corrected chi connectivity index (χ0v) is 16.4. The number of benzene rings is 2. The Morgan fingerprint density at radius 1 is 1.07 bits per heavy atom. The lowest BCUT2D eigenvalue weighted by atomic mass is 9.79. The lowest BCUT2D eigenvalue weighted by Gasteiger charge is -2.46. The Kier molecular flexibility index (Phi) is 5.17. The van der Waals surface area contributed by atoms with Gasteiger partial charge in [-0.05, 0) is 30.5 Å². The molecule has 0 bridgehead atoms. The average molecular weight is 402 g/mol. The SMILES string of the molecule is NN1c2c(Cl)cc(Cl)cc2N=C(N=NCc2ccccc2)C12CCCCC2. The second kappa shape index (κ2) is 7.58. The zero-order chi connectivity index (χ0) is 18.9. The van der Waals surface area contributed by atoms with Crippen LogP contribution in [0.4, 0.5) is 11.4 Å².